The lowest BCUT2D eigenvalue weighted by Crippen LogP contribution is -2.26. The number of rotatable bonds is 6. The summed E-state index contributed by atoms with van der Waals surface area (Å²) in [7, 11) is 1.63. The summed E-state index contributed by atoms with van der Waals surface area (Å²) in [4.78, 5) is 0. The highest BCUT2D eigenvalue weighted by atomic mass is 35.5. The third-order valence-electron chi connectivity index (χ3n) is 2.51. The zero-order valence-electron chi connectivity index (χ0n) is 10.6. The van der Waals surface area contributed by atoms with Crippen LogP contribution in [0, 0.1) is 0 Å². The highest BCUT2D eigenvalue weighted by molar-refractivity contribution is 6.31. The van der Waals surface area contributed by atoms with Gasteiger partial charge in [-0.15, -0.1) is 0 Å². The van der Waals surface area contributed by atoms with Gasteiger partial charge in [0.15, 0.2) is 0 Å². The Balaban J connectivity index is 2.52. The molecule has 3 nitrogen and oxygen atoms in total. The Hall–Kier alpha value is -0.770. The van der Waals surface area contributed by atoms with Gasteiger partial charge in [-0.3, -0.25) is 0 Å². The molecule has 4 heteroatoms. The smallest absolute Gasteiger partial charge is 0.124 e. The molecule has 0 aliphatic heterocycles. The molecule has 0 fully saturated rings. The monoisotopic (exact) mass is 257 g/mol. The molecule has 2 N–H and O–H groups in total. The summed E-state index contributed by atoms with van der Waals surface area (Å²) in [5.74, 6) is 0.785. The molecule has 0 spiro atoms. The Bertz CT molecular complexity index is 361. The topological polar surface area (TPSA) is 41.5 Å². The van der Waals surface area contributed by atoms with Gasteiger partial charge in [-0.25, -0.2) is 0 Å². The van der Waals surface area contributed by atoms with Crippen molar-refractivity contribution in [3.63, 3.8) is 0 Å². The van der Waals surface area contributed by atoms with Crippen LogP contribution in [0.5, 0.6) is 5.75 Å². The molecule has 0 unspecified atom stereocenters. The predicted molar refractivity (Wildman–Crippen MR) is 70.6 cm³/mol. The highest BCUT2D eigenvalue weighted by Gasteiger charge is 2.12. The fraction of sp³-hybridized carbons (Fsp3) is 0.538. The van der Waals surface area contributed by atoms with Crippen molar-refractivity contribution < 1.29 is 9.84 Å². The molecular formula is C13H20ClNO2. The van der Waals surface area contributed by atoms with Gasteiger partial charge in [0, 0.05) is 17.1 Å². The fourth-order valence-electron chi connectivity index (χ4n) is 1.51. The van der Waals surface area contributed by atoms with Crippen LogP contribution < -0.4 is 10.1 Å². The third kappa shape index (κ3) is 4.94. The molecule has 0 aliphatic rings. The lowest BCUT2D eigenvalue weighted by Gasteiger charge is -2.17. The van der Waals surface area contributed by atoms with Gasteiger partial charge in [0.05, 0.1) is 12.7 Å². The summed E-state index contributed by atoms with van der Waals surface area (Å²) in [6.07, 6.45) is 0.694. The van der Waals surface area contributed by atoms with E-state index < -0.39 is 5.60 Å². The van der Waals surface area contributed by atoms with Crippen molar-refractivity contribution >= 4 is 11.6 Å². The van der Waals surface area contributed by atoms with E-state index in [1.807, 2.05) is 18.2 Å². The lowest BCUT2D eigenvalue weighted by molar-refractivity contribution is 0.0711. The van der Waals surface area contributed by atoms with Crippen LogP contribution in [0.1, 0.15) is 25.8 Å². The number of aliphatic hydroxyl groups is 1. The van der Waals surface area contributed by atoms with E-state index in [4.69, 9.17) is 16.3 Å². The van der Waals surface area contributed by atoms with Crippen molar-refractivity contribution in [3.05, 3.63) is 28.8 Å². The van der Waals surface area contributed by atoms with E-state index in [9.17, 15) is 5.11 Å². The standard InChI is InChI=1S/C13H20ClNO2/c1-13(2,16)7-8-15-9-10-11(14)5-4-6-12(10)17-3/h4-6,15-16H,7-9H2,1-3H3. The molecule has 1 aromatic carbocycles. The van der Waals surface area contributed by atoms with Gasteiger partial charge < -0.3 is 15.2 Å². The maximum Gasteiger partial charge on any atom is 0.124 e. The zero-order chi connectivity index (χ0) is 12.9. The maximum absolute atomic E-state index is 9.58. The van der Waals surface area contributed by atoms with E-state index in [0.717, 1.165) is 17.9 Å². The summed E-state index contributed by atoms with van der Waals surface area (Å²) in [5, 5.41) is 13.5. The minimum atomic E-state index is -0.641. The Kier molecular flexibility index (Phi) is 5.25. The van der Waals surface area contributed by atoms with Crippen LogP contribution in [0.25, 0.3) is 0 Å². The third-order valence-corrected chi connectivity index (χ3v) is 2.87. The van der Waals surface area contributed by atoms with Crippen LogP contribution in [0.4, 0.5) is 0 Å². The Morgan fingerprint density at radius 1 is 1.41 bits per heavy atom. The van der Waals surface area contributed by atoms with E-state index in [1.54, 1.807) is 21.0 Å². The Morgan fingerprint density at radius 3 is 2.71 bits per heavy atom. The molecule has 0 atom stereocenters. The molecule has 0 aromatic heterocycles. The normalized spacial score (nSPS) is 11.6. The molecule has 0 amide bonds. The van der Waals surface area contributed by atoms with Crippen LogP contribution >= 0.6 is 11.6 Å². The van der Waals surface area contributed by atoms with E-state index in [2.05, 4.69) is 5.32 Å². The van der Waals surface area contributed by atoms with Gasteiger partial charge in [0.2, 0.25) is 0 Å². The zero-order valence-corrected chi connectivity index (χ0v) is 11.3. The van der Waals surface area contributed by atoms with Crippen LogP contribution in [-0.4, -0.2) is 24.4 Å². The number of benzene rings is 1. The molecule has 96 valence electrons. The average molecular weight is 258 g/mol. The predicted octanol–water partition coefficient (Wildman–Crippen LogP) is 2.60. The van der Waals surface area contributed by atoms with Gasteiger partial charge in [-0.2, -0.15) is 0 Å². The van der Waals surface area contributed by atoms with E-state index in [-0.39, 0.29) is 0 Å². The molecule has 1 rings (SSSR count). The van der Waals surface area contributed by atoms with E-state index in [1.165, 1.54) is 0 Å². The quantitative estimate of drug-likeness (QED) is 0.770. The van der Waals surface area contributed by atoms with E-state index >= 15 is 0 Å². The second-order valence-electron chi connectivity index (χ2n) is 4.66. The van der Waals surface area contributed by atoms with Crippen molar-refractivity contribution in [3.8, 4) is 5.75 Å². The van der Waals surface area contributed by atoms with Crippen LogP contribution in [0.15, 0.2) is 18.2 Å². The van der Waals surface area contributed by atoms with Gasteiger partial charge in [0.1, 0.15) is 5.75 Å². The number of nitrogens with one attached hydrogen (secondary N) is 1. The summed E-state index contributed by atoms with van der Waals surface area (Å²) < 4.78 is 5.25. The molecule has 0 radical (unpaired) electrons. The fourth-order valence-corrected chi connectivity index (χ4v) is 1.74. The average Bonchev–Trinajstić information content (AvgIpc) is 2.24. The molecule has 17 heavy (non-hydrogen) atoms. The lowest BCUT2D eigenvalue weighted by atomic mass is 10.1. The first kappa shape index (κ1) is 14.3. The largest absolute Gasteiger partial charge is 0.496 e. The number of hydrogen-bond donors (Lipinski definition) is 2. The van der Waals surface area contributed by atoms with Gasteiger partial charge in [-0.1, -0.05) is 17.7 Å². The van der Waals surface area contributed by atoms with Gasteiger partial charge >= 0.3 is 0 Å². The van der Waals surface area contributed by atoms with E-state index in [0.29, 0.717) is 18.0 Å². The van der Waals surface area contributed by atoms with Crippen LogP contribution in [0.2, 0.25) is 5.02 Å². The summed E-state index contributed by atoms with van der Waals surface area (Å²) in [6.45, 7) is 4.96. The SMILES string of the molecule is COc1cccc(Cl)c1CNCCC(C)(C)O. The van der Waals surface area contributed by atoms with Crippen molar-refractivity contribution in [1.29, 1.82) is 0 Å². The van der Waals surface area contributed by atoms with Crippen LogP contribution in [-0.2, 0) is 6.54 Å². The second kappa shape index (κ2) is 6.24. The van der Waals surface area contributed by atoms with Crippen molar-refractivity contribution in [2.45, 2.75) is 32.4 Å². The first-order chi connectivity index (χ1) is 7.94. The van der Waals surface area contributed by atoms with Crippen LogP contribution in [0.3, 0.4) is 0 Å². The summed E-state index contributed by atoms with van der Waals surface area (Å²) in [5.41, 5.74) is 0.310. The van der Waals surface area contributed by atoms with Gasteiger partial charge in [-0.05, 0) is 38.9 Å². The highest BCUT2D eigenvalue weighted by Crippen LogP contribution is 2.25. The van der Waals surface area contributed by atoms with Crippen molar-refractivity contribution in [2.24, 2.45) is 0 Å². The van der Waals surface area contributed by atoms with Crippen molar-refractivity contribution in [2.75, 3.05) is 13.7 Å². The van der Waals surface area contributed by atoms with Gasteiger partial charge in [0.25, 0.3) is 0 Å². The number of ether oxygens (including phenoxy) is 1. The Labute approximate surface area is 108 Å². The molecular weight excluding hydrogens is 238 g/mol. The molecule has 1 aromatic rings. The minimum Gasteiger partial charge on any atom is -0.496 e. The Morgan fingerprint density at radius 2 is 2.12 bits per heavy atom. The van der Waals surface area contributed by atoms with Crippen molar-refractivity contribution in [1.82, 2.24) is 5.32 Å². The number of methoxy groups -OCH3 is 1. The molecule has 0 aliphatic carbocycles. The molecule has 0 saturated heterocycles. The maximum atomic E-state index is 9.58. The summed E-state index contributed by atoms with van der Waals surface area (Å²) in [6, 6.07) is 5.59. The first-order valence-corrected chi connectivity index (χ1v) is 6.06. The minimum absolute atomic E-state index is 0.638. The summed E-state index contributed by atoms with van der Waals surface area (Å²) >= 11 is 6.11. The molecule has 0 bridgehead atoms. The number of halogens is 1. The second-order valence-corrected chi connectivity index (χ2v) is 5.07. The number of hydrogen-bond acceptors (Lipinski definition) is 3. The first-order valence-electron chi connectivity index (χ1n) is 5.68. The molecule has 0 heterocycles. The molecule has 0 saturated carbocycles.